The van der Waals surface area contributed by atoms with Gasteiger partial charge in [0.2, 0.25) is 0 Å². The molecule has 0 unspecified atom stereocenters. The van der Waals surface area contributed by atoms with E-state index >= 15 is 0 Å². The Bertz CT molecular complexity index is 2710. The molecule has 0 saturated heterocycles. The van der Waals surface area contributed by atoms with E-state index in [9.17, 15) is 0 Å². The molecule has 0 aliphatic rings. The SMILES string of the molecule is Cc1cccc(C)c1-c1cnc2c3[c-]c(Oc4[c-]c5c(cc4)c4ccc(C(C)(C)C)cc4n4ccnc54)ccc3c3cccnc3n12.[Pt+2]. The van der Waals surface area contributed by atoms with Crippen LogP contribution in [0.4, 0.5) is 0 Å². The molecule has 9 rings (SSSR count). The van der Waals surface area contributed by atoms with Crippen LogP contribution in [0.2, 0.25) is 0 Å². The topological polar surface area (TPSA) is 56.7 Å². The summed E-state index contributed by atoms with van der Waals surface area (Å²) in [5, 5.41) is 6.08. The Balaban J connectivity index is 0.00000336. The summed E-state index contributed by atoms with van der Waals surface area (Å²) in [7, 11) is 0. The van der Waals surface area contributed by atoms with Gasteiger partial charge in [0.1, 0.15) is 5.65 Å². The number of rotatable bonds is 3. The van der Waals surface area contributed by atoms with Gasteiger partial charge in [0, 0.05) is 47.4 Å². The van der Waals surface area contributed by atoms with Gasteiger partial charge in [-0.2, -0.15) is 0 Å². The molecule has 5 heterocycles. The second kappa shape index (κ2) is 11.0. The van der Waals surface area contributed by atoms with Crippen molar-refractivity contribution in [1.82, 2.24) is 23.8 Å². The fraction of sp³-hybridized carbons (Fsp3) is 0.146. The van der Waals surface area contributed by atoms with Crippen molar-refractivity contribution in [3.8, 4) is 22.8 Å². The predicted octanol–water partition coefficient (Wildman–Crippen LogP) is 9.96. The van der Waals surface area contributed by atoms with Crippen LogP contribution in [-0.2, 0) is 26.5 Å². The van der Waals surface area contributed by atoms with Crippen molar-refractivity contribution in [2.45, 2.75) is 40.0 Å². The molecule has 5 aromatic heterocycles. The van der Waals surface area contributed by atoms with Crippen LogP contribution in [0.5, 0.6) is 11.5 Å². The molecule has 7 heteroatoms. The molecule has 0 atom stereocenters. The van der Waals surface area contributed by atoms with Crippen LogP contribution < -0.4 is 4.74 Å². The van der Waals surface area contributed by atoms with Crippen LogP contribution >= 0.6 is 0 Å². The zero-order valence-corrected chi connectivity index (χ0v) is 29.5. The molecule has 0 N–H and O–H groups in total. The van der Waals surface area contributed by atoms with Gasteiger partial charge in [0.25, 0.3) is 0 Å². The minimum absolute atomic E-state index is 0. The Hall–Kier alpha value is -5.06. The number of nitrogens with zero attached hydrogens (tertiary/aromatic N) is 5. The maximum absolute atomic E-state index is 6.49. The maximum atomic E-state index is 6.49. The number of hydrogen-bond donors (Lipinski definition) is 0. The van der Waals surface area contributed by atoms with Crippen molar-refractivity contribution < 1.29 is 25.8 Å². The van der Waals surface area contributed by atoms with Crippen molar-refractivity contribution in [2.75, 3.05) is 0 Å². The largest absolute Gasteiger partial charge is 2.00 e. The van der Waals surface area contributed by atoms with Crippen LogP contribution in [-0.4, -0.2) is 23.8 Å². The summed E-state index contributed by atoms with van der Waals surface area (Å²) in [5.41, 5.74) is 9.52. The van der Waals surface area contributed by atoms with Gasteiger partial charge in [0.15, 0.2) is 0 Å². The third-order valence-corrected chi connectivity index (χ3v) is 9.35. The van der Waals surface area contributed by atoms with E-state index in [0.29, 0.717) is 11.5 Å². The Morgan fingerprint density at radius 2 is 1.33 bits per heavy atom. The van der Waals surface area contributed by atoms with Gasteiger partial charge >= 0.3 is 21.1 Å². The summed E-state index contributed by atoms with van der Waals surface area (Å²) < 4.78 is 10.8. The first-order valence-corrected chi connectivity index (χ1v) is 15.9. The van der Waals surface area contributed by atoms with Crippen molar-refractivity contribution in [2.24, 2.45) is 0 Å². The zero-order chi connectivity index (χ0) is 32.0. The van der Waals surface area contributed by atoms with Crippen LogP contribution in [0.1, 0.15) is 37.5 Å². The van der Waals surface area contributed by atoms with E-state index in [1.54, 1.807) is 0 Å². The molecule has 0 amide bonds. The molecular weight excluding hydrogens is 774 g/mol. The van der Waals surface area contributed by atoms with Crippen molar-refractivity contribution in [1.29, 1.82) is 0 Å². The molecule has 6 nitrogen and oxygen atoms in total. The van der Waals surface area contributed by atoms with E-state index in [-0.39, 0.29) is 26.5 Å². The van der Waals surface area contributed by atoms with E-state index in [1.807, 2.05) is 43.0 Å². The predicted molar refractivity (Wildman–Crippen MR) is 190 cm³/mol. The van der Waals surface area contributed by atoms with Gasteiger partial charge in [-0.1, -0.05) is 103 Å². The number of aromatic nitrogens is 5. The molecule has 48 heavy (non-hydrogen) atoms. The van der Waals surface area contributed by atoms with E-state index in [0.717, 1.165) is 66.0 Å². The first-order chi connectivity index (χ1) is 22.8. The Morgan fingerprint density at radius 3 is 2.06 bits per heavy atom. The summed E-state index contributed by atoms with van der Waals surface area (Å²) >= 11 is 0. The summed E-state index contributed by atoms with van der Waals surface area (Å²) in [4.78, 5) is 14.5. The number of pyridine rings is 3. The second-order valence-electron chi connectivity index (χ2n) is 13.4. The number of hydrogen-bond acceptors (Lipinski definition) is 4. The molecule has 0 radical (unpaired) electrons. The molecular formula is C41H31N5OPt. The Kier molecular flexibility index (Phi) is 6.94. The summed E-state index contributed by atoms with van der Waals surface area (Å²) in [6.45, 7) is 11.0. The average Bonchev–Trinajstić information content (AvgIpc) is 3.73. The van der Waals surface area contributed by atoms with Gasteiger partial charge in [-0.15, -0.1) is 12.1 Å². The third kappa shape index (κ3) is 4.54. The number of aryl methyl sites for hydroxylation is 2. The van der Waals surface area contributed by atoms with Crippen molar-refractivity contribution in [3.63, 3.8) is 0 Å². The summed E-state index contributed by atoms with van der Waals surface area (Å²) in [6.07, 6.45) is 7.64. The van der Waals surface area contributed by atoms with Crippen LogP contribution in [0.15, 0.2) is 97.6 Å². The summed E-state index contributed by atoms with van der Waals surface area (Å²) in [5.74, 6) is 1.19. The molecule has 236 valence electrons. The van der Waals surface area contributed by atoms with Gasteiger partial charge in [-0.05, 0) is 58.9 Å². The first-order valence-electron chi connectivity index (χ1n) is 15.9. The van der Waals surface area contributed by atoms with E-state index in [2.05, 4.69) is 110 Å². The number of benzene rings is 4. The minimum atomic E-state index is 0. The Morgan fingerprint density at radius 1 is 0.667 bits per heavy atom. The number of imidazole rings is 2. The molecule has 0 aliphatic carbocycles. The maximum Gasteiger partial charge on any atom is 2.00 e. The fourth-order valence-electron chi connectivity index (χ4n) is 7.02. The van der Waals surface area contributed by atoms with E-state index in [4.69, 9.17) is 19.7 Å². The second-order valence-corrected chi connectivity index (χ2v) is 13.4. The van der Waals surface area contributed by atoms with Gasteiger partial charge in [-0.3, -0.25) is 9.97 Å². The average molecular weight is 805 g/mol. The van der Waals surface area contributed by atoms with Crippen LogP contribution in [0, 0.1) is 26.0 Å². The minimum Gasteiger partial charge on any atom is -0.497 e. The van der Waals surface area contributed by atoms with Crippen LogP contribution in [0.25, 0.3) is 66.0 Å². The fourth-order valence-corrected chi connectivity index (χ4v) is 7.02. The molecule has 9 aromatic rings. The third-order valence-electron chi connectivity index (χ3n) is 9.35. The van der Waals surface area contributed by atoms with Crippen molar-refractivity contribution in [3.05, 3.63) is 126 Å². The molecule has 0 saturated carbocycles. The van der Waals surface area contributed by atoms with E-state index < -0.39 is 0 Å². The summed E-state index contributed by atoms with van der Waals surface area (Å²) in [6, 6.07) is 32.4. The molecule has 0 fully saturated rings. The molecule has 0 spiro atoms. The number of ether oxygens (including phenoxy) is 1. The van der Waals surface area contributed by atoms with Crippen LogP contribution in [0.3, 0.4) is 0 Å². The Labute approximate surface area is 292 Å². The standard InChI is InChI=1S/C41H31N5O.Pt/c1-24-8-6-9-25(2)37(24)36-23-44-40-34-22-28(13-16-30(34)32-10-7-17-42-39(32)46(36)40)47-27-12-15-29-31-14-11-26(41(3,4)5)20-35(31)45-19-18-43-38(45)33(29)21-27;/h6-20,23H,1-5H3;/q-2;+2. The van der Waals surface area contributed by atoms with E-state index in [1.165, 1.54) is 16.7 Å². The molecule has 0 bridgehead atoms. The molecule has 4 aromatic carbocycles. The number of fused-ring (bicyclic) bond motifs is 12. The smallest absolute Gasteiger partial charge is 0.497 e. The quantitative estimate of drug-likeness (QED) is 0.132. The normalized spacial score (nSPS) is 12.1. The van der Waals surface area contributed by atoms with Gasteiger partial charge in [0.05, 0.1) is 17.0 Å². The van der Waals surface area contributed by atoms with Crippen molar-refractivity contribution >= 4 is 54.8 Å². The van der Waals surface area contributed by atoms with Gasteiger partial charge in [-0.25, -0.2) is 4.98 Å². The zero-order valence-electron chi connectivity index (χ0n) is 27.2. The van der Waals surface area contributed by atoms with Gasteiger partial charge < -0.3 is 13.5 Å². The first kappa shape index (κ1) is 30.3. The molecule has 0 aliphatic heterocycles. The monoisotopic (exact) mass is 804 g/mol.